The van der Waals surface area contributed by atoms with Crippen molar-refractivity contribution in [3.8, 4) is 11.6 Å². The van der Waals surface area contributed by atoms with Crippen molar-refractivity contribution in [2.75, 3.05) is 0 Å². The number of carbonyl (C=O) groups is 1. The standard InChI is InChI=1S/C21H23N3O2/c1-14-7-6-10-17(22-14)21-24-18-13-15(11-12-19(18)26-21)20(25)23-16-8-4-2-3-5-9-16/h6-7,10-13,16H,2-5,8-9H2,1H3,(H,23,25). The number of nitrogens with zero attached hydrogens (tertiary/aromatic N) is 2. The Balaban J connectivity index is 1.56. The molecule has 0 radical (unpaired) electrons. The number of hydrogen-bond donors (Lipinski definition) is 1. The molecule has 0 saturated heterocycles. The minimum atomic E-state index is -0.0305. The summed E-state index contributed by atoms with van der Waals surface area (Å²) in [5.74, 6) is 0.446. The zero-order valence-electron chi connectivity index (χ0n) is 15.0. The van der Waals surface area contributed by atoms with Crippen LogP contribution >= 0.6 is 0 Å². The second kappa shape index (κ2) is 7.28. The smallest absolute Gasteiger partial charge is 0.251 e. The molecular weight excluding hydrogens is 326 g/mol. The largest absolute Gasteiger partial charge is 0.435 e. The number of fused-ring (bicyclic) bond motifs is 1. The highest BCUT2D eigenvalue weighted by molar-refractivity contribution is 5.97. The Labute approximate surface area is 152 Å². The molecule has 26 heavy (non-hydrogen) atoms. The second-order valence-corrected chi connectivity index (χ2v) is 7.03. The summed E-state index contributed by atoms with van der Waals surface area (Å²) in [5.41, 5.74) is 3.57. The summed E-state index contributed by atoms with van der Waals surface area (Å²) < 4.78 is 5.80. The first kappa shape index (κ1) is 16.8. The topological polar surface area (TPSA) is 68.0 Å². The van der Waals surface area contributed by atoms with Gasteiger partial charge in [0.25, 0.3) is 5.91 Å². The second-order valence-electron chi connectivity index (χ2n) is 7.03. The van der Waals surface area contributed by atoms with E-state index in [0.717, 1.165) is 18.5 Å². The quantitative estimate of drug-likeness (QED) is 0.699. The van der Waals surface area contributed by atoms with Gasteiger partial charge in [0.05, 0.1) is 0 Å². The zero-order valence-corrected chi connectivity index (χ0v) is 15.0. The van der Waals surface area contributed by atoms with Crippen LogP contribution in [0.1, 0.15) is 54.6 Å². The van der Waals surface area contributed by atoms with Crippen LogP contribution in [0.5, 0.6) is 0 Å². The number of amides is 1. The number of nitrogens with one attached hydrogen (secondary N) is 1. The van der Waals surface area contributed by atoms with Gasteiger partial charge < -0.3 is 9.73 Å². The number of aryl methyl sites for hydroxylation is 1. The molecule has 0 bridgehead atoms. The van der Waals surface area contributed by atoms with Crippen LogP contribution in [0.15, 0.2) is 40.8 Å². The maximum Gasteiger partial charge on any atom is 0.251 e. The number of oxazole rings is 1. The fourth-order valence-corrected chi connectivity index (χ4v) is 3.53. The van der Waals surface area contributed by atoms with Gasteiger partial charge >= 0.3 is 0 Å². The van der Waals surface area contributed by atoms with Crippen LogP contribution < -0.4 is 5.32 Å². The first-order valence-corrected chi connectivity index (χ1v) is 9.34. The molecule has 4 rings (SSSR count). The molecule has 5 nitrogen and oxygen atoms in total. The van der Waals surface area contributed by atoms with Gasteiger partial charge in [0.2, 0.25) is 5.89 Å². The molecule has 2 heterocycles. The third-order valence-electron chi connectivity index (χ3n) is 4.95. The SMILES string of the molecule is Cc1cccc(-c2nc3cc(C(=O)NC4CCCCCC4)ccc3o2)n1. The van der Waals surface area contributed by atoms with Crippen molar-refractivity contribution < 1.29 is 9.21 Å². The van der Waals surface area contributed by atoms with Gasteiger partial charge in [-0.05, 0) is 50.1 Å². The number of rotatable bonds is 3. The minimum Gasteiger partial charge on any atom is -0.435 e. The van der Waals surface area contributed by atoms with Crippen molar-refractivity contribution >= 4 is 17.0 Å². The molecule has 1 aromatic carbocycles. The summed E-state index contributed by atoms with van der Waals surface area (Å²) in [6, 6.07) is 11.4. The molecule has 2 aromatic heterocycles. The van der Waals surface area contributed by atoms with Gasteiger partial charge in [0, 0.05) is 17.3 Å². The molecule has 0 spiro atoms. The van der Waals surface area contributed by atoms with Crippen molar-refractivity contribution in [3.05, 3.63) is 47.7 Å². The molecule has 0 aliphatic heterocycles. The third kappa shape index (κ3) is 3.62. The summed E-state index contributed by atoms with van der Waals surface area (Å²) in [6.07, 6.45) is 7.07. The number of pyridine rings is 1. The zero-order chi connectivity index (χ0) is 17.9. The van der Waals surface area contributed by atoms with E-state index in [1.165, 1.54) is 25.7 Å². The fraction of sp³-hybridized carbons (Fsp3) is 0.381. The van der Waals surface area contributed by atoms with Gasteiger partial charge in [-0.15, -0.1) is 0 Å². The van der Waals surface area contributed by atoms with Crippen LogP contribution in [-0.4, -0.2) is 21.9 Å². The summed E-state index contributed by atoms with van der Waals surface area (Å²) in [7, 11) is 0. The molecule has 3 aromatic rings. The Bertz CT molecular complexity index is 924. The van der Waals surface area contributed by atoms with E-state index < -0.39 is 0 Å². The molecule has 1 N–H and O–H groups in total. The third-order valence-corrected chi connectivity index (χ3v) is 4.95. The molecular formula is C21H23N3O2. The average Bonchev–Trinajstić information content (AvgIpc) is 2.91. The molecule has 5 heteroatoms. The van der Waals surface area contributed by atoms with Crippen LogP contribution in [0.2, 0.25) is 0 Å². The van der Waals surface area contributed by atoms with Gasteiger partial charge in [-0.25, -0.2) is 9.97 Å². The molecule has 1 aliphatic rings. The molecule has 0 unspecified atom stereocenters. The fourth-order valence-electron chi connectivity index (χ4n) is 3.53. The predicted molar refractivity (Wildman–Crippen MR) is 101 cm³/mol. The predicted octanol–water partition coefficient (Wildman–Crippen LogP) is 4.65. The normalized spacial score (nSPS) is 15.7. The summed E-state index contributed by atoms with van der Waals surface area (Å²) >= 11 is 0. The maximum absolute atomic E-state index is 12.6. The number of aromatic nitrogens is 2. The lowest BCUT2D eigenvalue weighted by Crippen LogP contribution is -2.34. The van der Waals surface area contributed by atoms with Gasteiger partial charge in [-0.1, -0.05) is 31.7 Å². The van der Waals surface area contributed by atoms with Crippen molar-refractivity contribution in [2.24, 2.45) is 0 Å². The molecule has 134 valence electrons. The lowest BCUT2D eigenvalue weighted by atomic mass is 10.1. The Morgan fingerprint density at radius 1 is 1.08 bits per heavy atom. The molecule has 1 amide bonds. The van der Waals surface area contributed by atoms with Crippen LogP contribution in [0.4, 0.5) is 0 Å². The number of carbonyl (C=O) groups excluding carboxylic acids is 1. The van der Waals surface area contributed by atoms with Crippen LogP contribution in [-0.2, 0) is 0 Å². The minimum absolute atomic E-state index is 0.0305. The van der Waals surface area contributed by atoms with Gasteiger partial charge in [-0.3, -0.25) is 4.79 Å². The van der Waals surface area contributed by atoms with Crippen molar-refractivity contribution in [1.29, 1.82) is 0 Å². The molecule has 1 aliphatic carbocycles. The van der Waals surface area contributed by atoms with E-state index in [1.807, 2.05) is 31.2 Å². The van der Waals surface area contributed by atoms with Crippen molar-refractivity contribution in [2.45, 2.75) is 51.5 Å². The van der Waals surface area contributed by atoms with E-state index in [2.05, 4.69) is 15.3 Å². The van der Waals surface area contributed by atoms with Crippen molar-refractivity contribution in [1.82, 2.24) is 15.3 Å². The van der Waals surface area contributed by atoms with Gasteiger partial charge in [0.1, 0.15) is 11.2 Å². The first-order valence-electron chi connectivity index (χ1n) is 9.34. The summed E-state index contributed by atoms with van der Waals surface area (Å²) in [5, 5.41) is 3.18. The van der Waals surface area contributed by atoms with E-state index in [4.69, 9.17) is 4.42 Å². The lowest BCUT2D eigenvalue weighted by molar-refractivity contribution is 0.0933. The number of hydrogen-bond acceptors (Lipinski definition) is 4. The molecule has 0 atom stereocenters. The average molecular weight is 349 g/mol. The van der Waals surface area contributed by atoms with Crippen LogP contribution in [0, 0.1) is 6.92 Å². The highest BCUT2D eigenvalue weighted by Gasteiger charge is 2.17. The molecule has 1 fully saturated rings. The Morgan fingerprint density at radius 2 is 1.88 bits per heavy atom. The van der Waals surface area contributed by atoms with E-state index in [0.29, 0.717) is 28.2 Å². The first-order chi connectivity index (χ1) is 12.7. The number of benzene rings is 1. The van der Waals surface area contributed by atoms with E-state index in [1.54, 1.807) is 12.1 Å². The van der Waals surface area contributed by atoms with Crippen LogP contribution in [0.3, 0.4) is 0 Å². The summed E-state index contributed by atoms with van der Waals surface area (Å²) in [6.45, 7) is 1.93. The van der Waals surface area contributed by atoms with Gasteiger partial charge in [-0.2, -0.15) is 0 Å². The monoisotopic (exact) mass is 349 g/mol. The van der Waals surface area contributed by atoms with Crippen LogP contribution in [0.25, 0.3) is 22.7 Å². The lowest BCUT2D eigenvalue weighted by Gasteiger charge is -2.16. The van der Waals surface area contributed by atoms with Crippen molar-refractivity contribution in [3.63, 3.8) is 0 Å². The Hall–Kier alpha value is -2.69. The molecule has 1 saturated carbocycles. The highest BCUT2D eigenvalue weighted by atomic mass is 16.3. The van der Waals surface area contributed by atoms with E-state index >= 15 is 0 Å². The van der Waals surface area contributed by atoms with E-state index in [-0.39, 0.29) is 11.9 Å². The highest BCUT2D eigenvalue weighted by Crippen LogP contribution is 2.24. The van der Waals surface area contributed by atoms with E-state index in [9.17, 15) is 4.79 Å². The Kier molecular flexibility index (Phi) is 4.69. The summed E-state index contributed by atoms with van der Waals surface area (Å²) in [4.78, 5) is 21.6. The Morgan fingerprint density at radius 3 is 2.65 bits per heavy atom. The maximum atomic E-state index is 12.6. The van der Waals surface area contributed by atoms with Gasteiger partial charge in [0.15, 0.2) is 5.58 Å².